The van der Waals surface area contributed by atoms with E-state index in [1.165, 1.54) is 0 Å². The highest BCUT2D eigenvalue weighted by molar-refractivity contribution is 6.31. The highest BCUT2D eigenvalue weighted by Gasteiger charge is 2.24. The Morgan fingerprint density at radius 3 is 2.76 bits per heavy atom. The summed E-state index contributed by atoms with van der Waals surface area (Å²) in [4.78, 5) is 13.9. The summed E-state index contributed by atoms with van der Waals surface area (Å²) in [5.74, 6) is 0.0488. The smallest absolute Gasteiger partial charge is 0.253 e. The van der Waals surface area contributed by atoms with Crippen LogP contribution < -0.4 is 5.73 Å². The third-order valence-electron chi connectivity index (χ3n) is 2.92. The number of nitrogens with zero attached hydrogens (tertiary/aromatic N) is 1. The molecule has 1 amide bonds. The third kappa shape index (κ3) is 3.12. The molecule has 3 nitrogen and oxygen atoms in total. The lowest BCUT2D eigenvalue weighted by molar-refractivity contribution is 0.0791. The zero-order chi connectivity index (χ0) is 11.7. The van der Waals surface area contributed by atoms with Gasteiger partial charge in [0.25, 0.3) is 5.91 Å². The maximum absolute atomic E-state index is 12.1. The van der Waals surface area contributed by atoms with Crippen LogP contribution in [0.4, 0.5) is 0 Å². The molecule has 1 aliphatic heterocycles. The molecule has 1 unspecified atom stereocenters. The Morgan fingerprint density at radius 1 is 1.53 bits per heavy atom. The molecule has 1 aromatic rings. The van der Waals surface area contributed by atoms with E-state index in [-0.39, 0.29) is 24.4 Å². The highest BCUT2D eigenvalue weighted by atomic mass is 35.5. The fourth-order valence-electron chi connectivity index (χ4n) is 1.93. The van der Waals surface area contributed by atoms with E-state index >= 15 is 0 Å². The van der Waals surface area contributed by atoms with E-state index in [4.69, 9.17) is 17.3 Å². The average Bonchev–Trinajstić information content (AvgIpc) is 2.68. The first-order chi connectivity index (χ1) is 7.58. The van der Waals surface area contributed by atoms with Crippen molar-refractivity contribution in [2.45, 2.75) is 19.4 Å². The summed E-state index contributed by atoms with van der Waals surface area (Å²) in [5, 5.41) is 0.690. The Kier molecular flexibility index (Phi) is 4.80. The minimum atomic E-state index is 0. The van der Waals surface area contributed by atoms with Gasteiger partial charge in [0, 0.05) is 29.7 Å². The number of likely N-dealkylation sites (tertiary alicyclic amines) is 1. The number of rotatable bonds is 1. The van der Waals surface area contributed by atoms with E-state index in [1.54, 1.807) is 17.0 Å². The van der Waals surface area contributed by atoms with Gasteiger partial charge in [-0.1, -0.05) is 11.6 Å². The van der Waals surface area contributed by atoms with Gasteiger partial charge in [-0.3, -0.25) is 4.79 Å². The first-order valence-corrected chi connectivity index (χ1v) is 5.76. The molecule has 0 spiro atoms. The van der Waals surface area contributed by atoms with Crippen LogP contribution >= 0.6 is 24.0 Å². The lowest BCUT2D eigenvalue weighted by Crippen LogP contribution is -2.31. The fraction of sp³-hybridized carbons (Fsp3) is 0.417. The van der Waals surface area contributed by atoms with Crippen LogP contribution in [0.15, 0.2) is 18.2 Å². The minimum absolute atomic E-state index is 0. The quantitative estimate of drug-likeness (QED) is 0.854. The second-order valence-corrected chi connectivity index (χ2v) is 4.67. The highest BCUT2D eigenvalue weighted by Crippen LogP contribution is 2.19. The van der Waals surface area contributed by atoms with Crippen LogP contribution in [0.2, 0.25) is 5.02 Å². The van der Waals surface area contributed by atoms with Crippen LogP contribution in [0.5, 0.6) is 0 Å². The molecule has 5 heteroatoms. The molecule has 17 heavy (non-hydrogen) atoms. The first-order valence-electron chi connectivity index (χ1n) is 5.39. The van der Waals surface area contributed by atoms with Crippen molar-refractivity contribution in [2.75, 3.05) is 13.1 Å². The van der Waals surface area contributed by atoms with Crippen molar-refractivity contribution in [3.8, 4) is 0 Å². The zero-order valence-electron chi connectivity index (χ0n) is 9.65. The molecule has 94 valence electrons. The summed E-state index contributed by atoms with van der Waals surface area (Å²) in [5.41, 5.74) is 7.40. The number of carbonyl (C=O) groups excluding carboxylic acids is 1. The summed E-state index contributed by atoms with van der Waals surface area (Å²) in [7, 11) is 0. The zero-order valence-corrected chi connectivity index (χ0v) is 11.2. The SMILES string of the molecule is Cc1cc(C(=O)N2CCC(N)C2)ccc1Cl.Cl. The second kappa shape index (κ2) is 5.71. The minimum Gasteiger partial charge on any atom is -0.337 e. The van der Waals surface area contributed by atoms with Crippen molar-refractivity contribution in [1.29, 1.82) is 0 Å². The Morgan fingerprint density at radius 2 is 2.24 bits per heavy atom. The standard InChI is InChI=1S/C12H15ClN2O.ClH/c1-8-6-9(2-3-11(8)13)12(16)15-5-4-10(14)7-15;/h2-3,6,10H,4-5,7,14H2,1H3;1H. The van der Waals surface area contributed by atoms with E-state index in [2.05, 4.69) is 0 Å². The number of hydrogen-bond acceptors (Lipinski definition) is 2. The summed E-state index contributed by atoms with van der Waals surface area (Å²) in [6.45, 7) is 3.30. The van der Waals surface area contributed by atoms with Crippen molar-refractivity contribution >= 4 is 29.9 Å². The van der Waals surface area contributed by atoms with Gasteiger partial charge in [0.2, 0.25) is 0 Å². The molecular weight excluding hydrogens is 259 g/mol. The van der Waals surface area contributed by atoms with E-state index in [0.29, 0.717) is 17.1 Å². The van der Waals surface area contributed by atoms with Gasteiger partial charge in [0.1, 0.15) is 0 Å². The van der Waals surface area contributed by atoms with Crippen molar-refractivity contribution in [3.63, 3.8) is 0 Å². The monoisotopic (exact) mass is 274 g/mol. The molecule has 1 atom stereocenters. The molecule has 0 aliphatic carbocycles. The molecule has 1 aromatic carbocycles. The predicted molar refractivity (Wildman–Crippen MR) is 71.9 cm³/mol. The van der Waals surface area contributed by atoms with Gasteiger partial charge >= 0.3 is 0 Å². The number of halogens is 2. The Bertz CT molecular complexity index is 423. The van der Waals surface area contributed by atoms with Gasteiger partial charge in [-0.15, -0.1) is 12.4 Å². The molecule has 2 rings (SSSR count). The number of hydrogen-bond donors (Lipinski definition) is 1. The van der Waals surface area contributed by atoms with Crippen LogP contribution in [-0.4, -0.2) is 29.9 Å². The fourth-order valence-corrected chi connectivity index (χ4v) is 2.05. The number of benzene rings is 1. The molecule has 1 aliphatic rings. The Balaban J connectivity index is 0.00000144. The molecular formula is C12H16Cl2N2O. The Hall–Kier alpha value is -0.770. The van der Waals surface area contributed by atoms with Crippen LogP contribution in [0.25, 0.3) is 0 Å². The van der Waals surface area contributed by atoms with Gasteiger partial charge < -0.3 is 10.6 Å². The summed E-state index contributed by atoms with van der Waals surface area (Å²) in [6.07, 6.45) is 0.887. The number of amides is 1. The largest absolute Gasteiger partial charge is 0.337 e. The molecule has 0 saturated carbocycles. The lowest BCUT2D eigenvalue weighted by Gasteiger charge is -2.16. The van der Waals surface area contributed by atoms with Crippen LogP contribution in [-0.2, 0) is 0 Å². The normalized spacial score (nSPS) is 19.0. The maximum atomic E-state index is 12.1. The maximum Gasteiger partial charge on any atom is 0.253 e. The summed E-state index contributed by atoms with van der Waals surface area (Å²) >= 11 is 5.92. The molecule has 0 radical (unpaired) electrons. The van der Waals surface area contributed by atoms with Crippen LogP contribution in [0.1, 0.15) is 22.3 Å². The molecule has 1 heterocycles. The van der Waals surface area contributed by atoms with E-state index < -0.39 is 0 Å². The predicted octanol–water partition coefficient (Wildman–Crippen LogP) is 2.24. The van der Waals surface area contributed by atoms with Crippen LogP contribution in [0.3, 0.4) is 0 Å². The molecule has 0 aromatic heterocycles. The second-order valence-electron chi connectivity index (χ2n) is 4.26. The van der Waals surface area contributed by atoms with Crippen molar-refractivity contribution < 1.29 is 4.79 Å². The van der Waals surface area contributed by atoms with Gasteiger partial charge in [-0.05, 0) is 37.1 Å². The molecule has 0 bridgehead atoms. The molecule has 1 saturated heterocycles. The Labute approximate surface area is 112 Å². The van der Waals surface area contributed by atoms with Crippen LogP contribution in [0, 0.1) is 6.92 Å². The van der Waals surface area contributed by atoms with Gasteiger partial charge in [0.05, 0.1) is 0 Å². The third-order valence-corrected chi connectivity index (χ3v) is 3.34. The van der Waals surface area contributed by atoms with Gasteiger partial charge in [-0.25, -0.2) is 0 Å². The topological polar surface area (TPSA) is 46.3 Å². The van der Waals surface area contributed by atoms with E-state index in [1.807, 2.05) is 13.0 Å². The lowest BCUT2D eigenvalue weighted by atomic mass is 10.1. The van der Waals surface area contributed by atoms with Gasteiger partial charge in [0.15, 0.2) is 0 Å². The van der Waals surface area contributed by atoms with Gasteiger partial charge in [-0.2, -0.15) is 0 Å². The summed E-state index contributed by atoms with van der Waals surface area (Å²) < 4.78 is 0. The van der Waals surface area contributed by atoms with E-state index in [0.717, 1.165) is 18.5 Å². The van der Waals surface area contributed by atoms with Crippen molar-refractivity contribution in [1.82, 2.24) is 4.90 Å². The van der Waals surface area contributed by atoms with E-state index in [9.17, 15) is 4.79 Å². The number of nitrogens with two attached hydrogens (primary N) is 1. The number of aryl methyl sites for hydroxylation is 1. The number of carbonyl (C=O) groups is 1. The first kappa shape index (κ1) is 14.3. The molecule has 2 N–H and O–H groups in total. The molecule has 1 fully saturated rings. The van der Waals surface area contributed by atoms with Crippen molar-refractivity contribution in [2.24, 2.45) is 5.73 Å². The average molecular weight is 275 g/mol. The van der Waals surface area contributed by atoms with Crippen molar-refractivity contribution in [3.05, 3.63) is 34.3 Å². The summed E-state index contributed by atoms with van der Waals surface area (Å²) in [6, 6.07) is 5.48.